The summed E-state index contributed by atoms with van der Waals surface area (Å²) in [4.78, 5) is 47.8. The fourth-order valence-electron chi connectivity index (χ4n) is 2.41. The van der Waals surface area contributed by atoms with Gasteiger partial charge in [-0.1, -0.05) is 0 Å². The van der Waals surface area contributed by atoms with E-state index in [1.54, 1.807) is 11.8 Å². The van der Waals surface area contributed by atoms with Crippen molar-refractivity contribution in [3.8, 4) is 0 Å². The van der Waals surface area contributed by atoms with Crippen LogP contribution >= 0.6 is 11.8 Å². The molecule has 0 radical (unpaired) electrons. The highest BCUT2D eigenvalue weighted by molar-refractivity contribution is 7.98. The SMILES string of the molecule is CSCCC(N)C(=O)N1CCCC1C(=O)NCC(=O)NCC(=O)O. The van der Waals surface area contributed by atoms with Crippen LogP contribution in [0.15, 0.2) is 0 Å². The van der Waals surface area contributed by atoms with E-state index in [-0.39, 0.29) is 12.5 Å². The Hall–Kier alpha value is -1.81. The smallest absolute Gasteiger partial charge is 0.322 e. The van der Waals surface area contributed by atoms with Gasteiger partial charge in [-0.3, -0.25) is 19.2 Å². The molecule has 0 saturated carbocycles. The van der Waals surface area contributed by atoms with E-state index in [4.69, 9.17) is 10.8 Å². The van der Waals surface area contributed by atoms with E-state index >= 15 is 0 Å². The molecule has 0 spiro atoms. The second kappa shape index (κ2) is 10.1. The van der Waals surface area contributed by atoms with E-state index in [9.17, 15) is 19.2 Å². The van der Waals surface area contributed by atoms with E-state index in [1.807, 2.05) is 6.26 Å². The summed E-state index contributed by atoms with van der Waals surface area (Å²) in [7, 11) is 0. The molecule has 0 aromatic rings. The molecule has 0 aromatic heterocycles. The van der Waals surface area contributed by atoms with Gasteiger partial charge in [-0.2, -0.15) is 11.8 Å². The molecule has 1 saturated heterocycles. The minimum Gasteiger partial charge on any atom is -0.480 e. The summed E-state index contributed by atoms with van der Waals surface area (Å²) in [6, 6.07) is -1.27. The molecule has 0 bridgehead atoms. The number of carboxylic acids is 1. The van der Waals surface area contributed by atoms with Crippen molar-refractivity contribution in [1.82, 2.24) is 15.5 Å². The number of nitrogens with one attached hydrogen (secondary N) is 2. The number of thioether (sulfide) groups is 1. The molecule has 1 fully saturated rings. The standard InChI is InChI=1S/C14H24N4O5S/c1-24-6-4-9(15)14(23)18-5-2-3-10(18)13(22)17-7-11(19)16-8-12(20)21/h9-10H,2-8,15H2,1H3,(H,16,19)(H,17,22)(H,20,21). The number of rotatable bonds is 9. The Morgan fingerprint density at radius 1 is 1.29 bits per heavy atom. The molecule has 10 heteroatoms. The van der Waals surface area contributed by atoms with Gasteiger partial charge in [-0.15, -0.1) is 0 Å². The Labute approximate surface area is 144 Å². The maximum Gasteiger partial charge on any atom is 0.322 e. The lowest BCUT2D eigenvalue weighted by Crippen LogP contribution is -2.52. The van der Waals surface area contributed by atoms with Crippen LogP contribution in [-0.2, 0) is 19.2 Å². The Kier molecular flexibility index (Phi) is 8.55. The number of amides is 3. The summed E-state index contributed by atoms with van der Waals surface area (Å²) in [5, 5.41) is 13.0. The summed E-state index contributed by atoms with van der Waals surface area (Å²) in [5.41, 5.74) is 5.88. The molecule has 1 aliphatic heterocycles. The minimum atomic E-state index is -1.17. The maximum absolute atomic E-state index is 12.3. The van der Waals surface area contributed by atoms with Gasteiger partial charge < -0.3 is 26.4 Å². The lowest BCUT2D eigenvalue weighted by molar-refractivity contribution is -0.140. The van der Waals surface area contributed by atoms with Gasteiger partial charge in [0.2, 0.25) is 17.7 Å². The second-order valence-corrected chi connectivity index (χ2v) is 6.45. The van der Waals surface area contributed by atoms with Crippen LogP contribution in [0, 0.1) is 0 Å². The van der Waals surface area contributed by atoms with E-state index in [0.29, 0.717) is 25.8 Å². The second-order valence-electron chi connectivity index (χ2n) is 5.47. The lowest BCUT2D eigenvalue weighted by Gasteiger charge is -2.26. The highest BCUT2D eigenvalue weighted by atomic mass is 32.2. The highest BCUT2D eigenvalue weighted by Crippen LogP contribution is 2.19. The van der Waals surface area contributed by atoms with Crippen LogP contribution in [0.3, 0.4) is 0 Å². The molecular formula is C14H24N4O5S. The Morgan fingerprint density at radius 3 is 2.62 bits per heavy atom. The highest BCUT2D eigenvalue weighted by Gasteiger charge is 2.35. The Balaban J connectivity index is 2.49. The predicted molar refractivity (Wildman–Crippen MR) is 89.4 cm³/mol. The molecular weight excluding hydrogens is 336 g/mol. The van der Waals surface area contributed by atoms with Crippen molar-refractivity contribution in [1.29, 1.82) is 0 Å². The van der Waals surface area contributed by atoms with Crippen molar-refractivity contribution in [2.24, 2.45) is 5.73 Å². The summed E-state index contributed by atoms with van der Waals surface area (Å²) in [5.74, 6) is -1.68. The molecule has 3 amide bonds. The van der Waals surface area contributed by atoms with Gasteiger partial charge in [0, 0.05) is 6.54 Å². The molecule has 2 atom stereocenters. The average molecular weight is 360 g/mol. The first-order chi connectivity index (χ1) is 11.4. The number of carboxylic acid groups (broad SMARTS) is 1. The lowest BCUT2D eigenvalue weighted by atomic mass is 10.1. The number of aliphatic carboxylic acids is 1. The van der Waals surface area contributed by atoms with Crippen LogP contribution < -0.4 is 16.4 Å². The van der Waals surface area contributed by atoms with Gasteiger partial charge in [0.05, 0.1) is 12.6 Å². The van der Waals surface area contributed by atoms with Crippen LogP contribution in [0.4, 0.5) is 0 Å². The quantitative estimate of drug-likeness (QED) is 0.387. The first-order valence-electron chi connectivity index (χ1n) is 7.68. The summed E-state index contributed by atoms with van der Waals surface area (Å²) in [6.45, 7) is -0.370. The maximum atomic E-state index is 12.3. The van der Waals surface area contributed by atoms with Crippen LogP contribution in [0.2, 0.25) is 0 Å². The topological polar surface area (TPSA) is 142 Å². The van der Waals surface area contributed by atoms with E-state index in [1.165, 1.54) is 4.90 Å². The van der Waals surface area contributed by atoms with E-state index in [2.05, 4.69) is 10.6 Å². The molecule has 1 rings (SSSR count). The Morgan fingerprint density at radius 2 is 2.00 bits per heavy atom. The summed E-state index contributed by atoms with van der Waals surface area (Å²) < 4.78 is 0. The third-order valence-electron chi connectivity index (χ3n) is 3.65. The Bertz CT molecular complexity index is 488. The monoisotopic (exact) mass is 360 g/mol. The van der Waals surface area contributed by atoms with Crippen LogP contribution in [-0.4, -0.2) is 77.4 Å². The van der Waals surface area contributed by atoms with Gasteiger partial charge in [0.25, 0.3) is 0 Å². The van der Waals surface area contributed by atoms with Gasteiger partial charge in [0.15, 0.2) is 0 Å². The predicted octanol–water partition coefficient (Wildman–Crippen LogP) is -1.63. The first kappa shape index (κ1) is 20.2. The fraction of sp³-hybridized carbons (Fsp3) is 0.714. The number of carbonyl (C=O) groups excluding carboxylic acids is 3. The van der Waals surface area contributed by atoms with E-state index < -0.39 is 36.4 Å². The molecule has 1 heterocycles. The van der Waals surface area contributed by atoms with Gasteiger partial charge in [-0.25, -0.2) is 0 Å². The van der Waals surface area contributed by atoms with Gasteiger partial charge in [0.1, 0.15) is 12.6 Å². The molecule has 24 heavy (non-hydrogen) atoms. The fourth-order valence-corrected chi connectivity index (χ4v) is 2.90. The molecule has 1 aliphatic rings. The zero-order valence-corrected chi connectivity index (χ0v) is 14.4. The molecule has 9 nitrogen and oxygen atoms in total. The normalized spacial score (nSPS) is 18.1. The molecule has 0 aromatic carbocycles. The number of hydrogen-bond acceptors (Lipinski definition) is 6. The molecule has 2 unspecified atom stereocenters. The number of nitrogens with two attached hydrogens (primary N) is 1. The third kappa shape index (κ3) is 6.36. The van der Waals surface area contributed by atoms with Crippen molar-refractivity contribution < 1.29 is 24.3 Å². The van der Waals surface area contributed by atoms with Crippen molar-refractivity contribution in [2.45, 2.75) is 31.3 Å². The minimum absolute atomic E-state index is 0.253. The van der Waals surface area contributed by atoms with Crippen molar-refractivity contribution >= 4 is 35.5 Å². The largest absolute Gasteiger partial charge is 0.480 e. The number of hydrogen-bond donors (Lipinski definition) is 4. The summed E-state index contributed by atoms with van der Waals surface area (Å²) in [6.07, 6.45) is 3.69. The molecule has 136 valence electrons. The number of carbonyl (C=O) groups is 4. The first-order valence-corrected chi connectivity index (χ1v) is 9.07. The van der Waals surface area contributed by atoms with Crippen LogP contribution in [0.5, 0.6) is 0 Å². The summed E-state index contributed by atoms with van der Waals surface area (Å²) >= 11 is 1.60. The average Bonchev–Trinajstić information content (AvgIpc) is 3.04. The molecule has 0 aliphatic carbocycles. The van der Waals surface area contributed by atoms with Crippen molar-refractivity contribution in [3.05, 3.63) is 0 Å². The van der Waals surface area contributed by atoms with E-state index in [0.717, 1.165) is 5.75 Å². The van der Waals surface area contributed by atoms with Gasteiger partial charge in [-0.05, 0) is 31.3 Å². The number of nitrogens with zero attached hydrogens (tertiary/aromatic N) is 1. The van der Waals surface area contributed by atoms with Crippen LogP contribution in [0.1, 0.15) is 19.3 Å². The van der Waals surface area contributed by atoms with Crippen molar-refractivity contribution in [2.75, 3.05) is 31.6 Å². The third-order valence-corrected chi connectivity index (χ3v) is 4.29. The number of likely N-dealkylation sites (tertiary alicyclic amines) is 1. The van der Waals surface area contributed by atoms with Crippen LogP contribution in [0.25, 0.3) is 0 Å². The molecule has 5 N–H and O–H groups in total. The zero-order chi connectivity index (χ0) is 18.1. The zero-order valence-electron chi connectivity index (χ0n) is 13.6. The van der Waals surface area contributed by atoms with Gasteiger partial charge >= 0.3 is 5.97 Å². The van der Waals surface area contributed by atoms with Crippen molar-refractivity contribution in [3.63, 3.8) is 0 Å².